The van der Waals surface area contributed by atoms with Crippen LogP contribution < -0.4 is 4.74 Å². The quantitative estimate of drug-likeness (QED) is 0.728. The summed E-state index contributed by atoms with van der Waals surface area (Å²) in [5, 5.41) is 0. The van der Waals surface area contributed by atoms with Crippen LogP contribution in [-0.2, 0) is 10.8 Å². The van der Waals surface area contributed by atoms with Gasteiger partial charge in [-0.05, 0) is 0 Å². The standard InChI is InChI=1S/C16H25O.Al/c1-11-9-12(15(2,3)4)14(17-8)13(10-11)16(5,6)7;/h9-10H,8H2,1-7H3;/q;+2. The van der Waals surface area contributed by atoms with E-state index in [0.29, 0.717) is 5.47 Å². The Labute approximate surface area is 120 Å². The fourth-order valence-corrected chi connectivity index (χ4v) is 2.29. The van der Waals surface area contributed by atoms with E-state index in [0.717, 1.165) is 5.75 Å². The second-order valence-corrected chi connectivity index (χ2v) is 7.33. The Morgan fingerprint density at radius 3 is 1.61 bits per heavy atom. The van der Waals surface area contributed by atoms with Gasteiger partial charge in [-0.25, -0.2) is 0 Å². The Bertz CT molecular complexity index is 387. The molecular formula is C16H25AlO+2. The van der Waals surface area contributed by atoms with Crippen LogP contribution in [0.3, 0.4) is 0 Å². The molecule has 96 valence electrons. The minimum atomic E-state index is 0.0984. The van der Waals surface area contributed by atoms with Gasteiger partial charge in [0, 0.05) is 0 Å². The first kappa shape index (κ1) is 15.6. The van der Waals surface area contributed by atoms with Crippen molar-refractivity contribution >= 4 is 16.3 Å². The number of benzene rings is 1. The molecule has 18 heavy (non-hydrogen) atoms. The Morgan fingerprint density at radius 1 is 0.944 bits per heavy atom. The van der Waals surface area contributed by atoms with Crippen LogP contribution in [0.2, 0.25) is 0 Å². The SMILES string of the molecule is Cc1cc(C(C)(C)C)c(O[CH2][Al+2])c(C(C)(C)C)c1. The van der Waals surface area contributed by atoms with E-state index < -0.39 is 0 Å². The van der Waals surface area contributed by atoms with Crippen LogP contribution in [0.1, 0.15) is 58.2 Å². The molecule has 0 heterocycles. The fourth-order valence-electron chi connectivity index (χ4n) is 2.13. The molecule has 0 aromatic heterocycles. The average Bonchev–Trinajstić information content (AvgIpc) is 2.17. The van der Waals surface area contributed by atoms with Crippen LogP contribution in [0, 0.1) is 6.92 Å². The van der Waals surface area contributed by atoms with Crippen LogP contribution in [0.15, 0.2) is 12.1 Å². The molecule has 0 spiro atoms. The van der Waals surface area contributed by atoms with E-state index in [1.165, 1.54) is 16.7 Å². The summed E-state index contributed by atoms with van der Waals surface area (Å²) >= 11 is 2.65. The molecule has 0 atom stereocenters. The van der Waals surface area contributed by atoms with Gasteiger partial charge in [0.05, 0.1) is 0 Å². The molecule has 0 saturated heterocycles. The van der Waals surface area contributed by atoms with E-state index >= 15 is 0 Å². The predicted molar refractivity (Wildman–Crippen MR) is 79.8 cm³/mol. The molecule has 0 aliphatic heterocycles. The molecule has 0 N–H and O–H groups in total. The molecule has 0 saturated carbocycles. The zero-order chi connectivity index (χ0) is 14.1. The van der Waals surface area contributed by atoms with E-state index in [-0.39, 0.29) is 10.8 Å². The van der Waals surface area contributed by atoms with Gasteiger partial charge in [0.2, 0.25) is 0 Å². The van der Waals surface area contributed by atoms with Gasteiger partial charge in [0.15, 0.2) is 0 Å². The second-order valence-electron chi connectivity index (χ2n) is 7.00. The molecule has 0 fully saturated rings. The van der Waals surface area contributed by atoms with Crippen LogP contribution in [0.5, 0.6) is 5.75 Å². The molecule has 0 radical (unpaired) electrons. The van der Waals surface area contributed by atoms with Gasteiger partial charge in [0.1, 0.15) is 0 Å². The summed E-state index contributed by atoms with van der Waals surface area (Å²) in [7, 11) is 0. The van der Waals surface area contributed by atoms with Crippen molar-refractivity contribution in [2.75, 3.05) is 5.47 Å². The molecule has 1 rings (SSSR count). The Kier molecular flexibility index (Phi) is 4.57. The molecule has 1 nitrogen and oxygen atoms in total. The Morgan fingerprint density at radius 2 is 1.33 bits per heavy atom. The van der Waals surface area contributed by atoms with Gasteiger partial charge >= 0.3 is 120 Å². The molecule has 1 aromatic carbocycles. The molecule has 0 unspecified atom stereocenters. The van der Waals surface area contributed by atoms with Gasteiger partial charge in [-0.3, -0.25) is 0 Å². The normalized spacial score (nSPS) is 12.7. The summed E-state index contributed by atoms with van der Waals surface area (Å²) < 4.78 is 5.94. The van der Waals surface area contributed by atoms with Gasteiger partial charge < -0.3 is 0 Å². The molecule has 0 aliphatic carbocycles. The summed E-state index contributed by atoms with van der Waals surface area (Å²) in [5.41, 5.74) is 4.74. The van der Waals surface area contributed by atoms with E-state index in [9.17, 15) is 0 Å². The third-order valence-electron chi connectivity index (χ3n) is 3.08. The van der Waals surface area contributed by atoms with Crippen molar-refractivity contribution in [1.82, 2.24) is 0 Å². The second kappa shape index (κ2) is 5.27. The first-order valence-electron chi connectivity index (χ1n) is 6.56. The maximum atomic E-state index is 5.94. The molecule has 0 amide bonds. The van der Waals surface area contributed by atoms with Crippen molar-refractivity contribution in [3.8, 4) is 5.75 Å². The first-order chi connectivity index (χ1) is 8.07. The number of rotatable bonds is 2. The molecule has 0 bridgehead atoms. The van der Waals surface area contributed by atoms with E-state index in [2.05, 4.69) is 76.9 Å². The summed E-state index contributed by atoms with van der Waals surface area (Å²) in [6.07, 6.45) is 0. The number of hydrogen-bond donors (Lipinski definition) is 0. The van der Waals surface area contributed by atoms with Crippen LogP contribution in [0.4, 0.5) is 0 Å². The van der Waals surface area contributed by atoms with Gasteiger partial charge in [-0.2, -0.15) is 0 Å². The number of aryl methyl sites for hydroxylation is 1. The molecule has 2 heteroatoms. The third kappa shape index (κ3) is 3.53. The van der Waals surface area contributed by atoms with Crippen LogP contribution in [0.25, 0.3) is 0 Å². The first-order valence-corrected chi connectivity index (χ1v) is 7.37. The summed E-state index contributed by atoms with van der Waals surface area (Å²) in [6, 6.07) is 4.51. The van der Waals surface area contributed by atoms with Gasteiger partial charge in [0.25, 0.3) is 0 Å². The van der Waals surface area contributed by atoms with Crippen molar-refractivity contribution in [1.29, 1.82) is 0 Å². The summed E-state index contributed by atoms with van der Waals surface area (Å²) in [6.45, 7) is 15.6. The van der Waals surface area contributed by atoms with E-state index in [1.54, 1.807) is 0 Å². The zero-order valence-corrected chi connectivity index (χ0v) is 14.0. The average molecular weight is 260 g/mol. The summed E-state index contributed by atoms with van der Waals surface area (Å²) in [4.78, 5) is 0. The number of ether oxygens (including phenoxy) is 1. The topological polar surface area (TPSA) is 9.23 Å². The van der Waals surface area contributed by atoms with Crippen LogP contribution >= 0.6 is 0 Å². The third-order valence-corrected chi connectivity index (χ3v) is 3.24. The van der Waals surface area contributed by atoms with Gasteiger partial charge in [-0.1, -0.05) is 0 Å². The zero-order valence-electron chi connectivity index (χ0n) is 12.8. The number of hydrogen-bond acceptors (Lipinski definition) is 1. The molecule has 0 aliphatic rings. The fraction of sp³-hybridized carbons (Fsp3) is 0.625. The van der Waals surface area contributed by atoms with Crippen molar-refractivity contribution in [2.24, 2.45) is 0 Å². The molecular weight excluding hydrogens is 235 g/mol. The van der Waals surface area contributed by atoms with Crippen LogP contribution in [-0.4, -0.2) is 21.8 Å². The monoisotopic (exact) mass is 260 g/mol. The van der Waals surface area contributed by atoms with Gasteiger partial charge in [-0.15, -0.1) is 0 Å². The maximum absolute atomic E-state index is 5.94. The van der Waals surface area contributed by atoms with E-state index in [1.807, 2.05) is 0 Å². The summed E-state index contributed by atoms with van der Waals surface area (Å²) in [5.74, 6) is 1.07. The Balaban J connectivity index is 3.56. The van der Waals surface area contributed by atoms with Crippen molar-refractivity contribution in [3.63, 3.8) is 0 Å². The van der Waals surface area contributed by atoms with Crippen molar-refractivity contribution < 1.29 is 4.74 Å². The predicted octanol–water partition coefficient (Wildman–Crippen LogP) is 4.09. The van der Waals surface area contributed by atoms with E-state index in [4.69, 9.17) is 4.74 Å². The van der Waals surface area contributed by atoms with Crippen molar-refractivity contribution in [2.45, 2.75) is 59.3 Å². The molecule has 1 aromatic rings. The van der Waals surface area contributed by atoms with Crippen molar-refractivity contribution in [3.05, 3.63) is 28.8 Å². The minimum absolute atomic E-state index is 0.0984. The Hall–Kier alpha value is -0.448.